The van der Waals surface area contributed by atoms with E-state index in [9.17, 15) is 4.79 Å². The summed E-state index contributed by atoms with van der Waals surface area (Å²) in [4.78, 5) is 20.8. The number of carbonyl (C=O) groups is 1. The molecular weight excluding hydrogens is 440 g/mol. The van der Waals surface area contributed by atoms with E-state index in [1.807, 2.05) is 50.2 Å². The highest BCUT2D eigenvalue weighted by Crippen LogP contribution is 2.34. The number of H-pyrrole nitrogens is 1. The number of nitrogens with zero attached hydrogens (tertiary/aromatic N) is 1. The molecule has 7 heteroatoms. The molecule has 0 aliphatic heterocycles. The largest absolute Gasteiger partial charge is 0.458 e. The van der Waals surface area contributed by atoms with Gasteiger partial charge >= 0.3 is 5.97 Å². The standard InChI is InChI=1S/C26H27ClN2O4/c1-15(2)33-26(30)25-19(14-32-16(3)31-4)24-22(13-28-25)29-21-11-7-9-18(23(21)24)12-17-8-5-6-10-20(17)27/h5-11,13,15-16,29H,12,14H2,1-4H3. The maximum Gasteiger partial charge on any atom is 0.357 e. The highest BCUT2D eigenvalue weighted by molar-refractivity contribution is 6.31. The summed E-state index contributed by atoms with van der Waals surface area (Å²) in [6, 6.07) is 13.9. The van der Waals surface area contributed by atoms with Gasteiger partial charge in [-0.3, -0.25) is 0 Å². The summed E-state index contributed by atoms with van der Waals surface area (Å²) < 4.78 is 16.6. The van der Waals surface area contributed by atoms with Gasteiger partial charge in [0.15, 0.2) is 12.0 Å². The summed E-state index contributed by atoms with van der Waals surface area (Å²) in [5.74, 6) is -0.478. The molecule has 2 heterocycles. The molecule has 1 atom stereocenters. The Labute approximate surface area is 197 Å². The number of ether oxygens (including phenoxy) is 3. The second-order valence-electron chi connectivity index (χ2n) is 8.18. The highest BCUT2D eigenvalue weighted by Gasteiger charge is 2.23. The molecule has 33 heavy (non-hydrogen) atoms. The molecule has 2 aromatic heterocycles. The van der Waals surface area contributed by atoms with Crippen LogP contribution < -0.4 is 0 Å². The summed E-state index contributed by atoms with van der Waals surface area (Å²) in [6.07, 6.45) is 1.61. The minimum Gasteiger partial charge on any atom is -0.458 e. The molecule has 0 saturated carbocycles. The average Bonchev–Trinajstić information content (AvgIpc) is 3.18. The van der Waals surface area contributed by atoms with Crippen molar-refractivity contribution in [3.63, 3.8) is 0 Å². The number of carbonyl (C=O) groups excluding carboxylic acids is 1. The molecule has 0 fully saturated rings. The molecule has 172 valence electrons. The molecule has 1 N–H and O–H groups in total. The Morgan fingerprint density at radius 3 is 2.52 bits per heavy atom. The third-order valence-corrected chi connectivity index (χ3v) is 5.89. The number of methoxy groups -OCH3 is 1. The zero-order valence-electron chi connectivity index (χ0n) is 19.1. The second kappa shape index (κ2) is 9.91. The number of rotatable bonds is 8. The van der Waals surface area contributed by atoms with Crippen molar-refractivity contribution >= 4 is 39.4 Å². The number of hydrogen-bond donors (Lipinski definition) is 1. The predicted molar refractivity (Wildman–Crippen MR) is 130 cm³/mol. The number of aromatic amines is 1. The van der Waals surface area contributed by atoms with Gasteiger partial charge in [0.25, 0.3) is 0 Å². The number of nitrogens with one attached hydrogen (secondary N) is 1. The Hall–Kier alpha value is -2.93. The lowest BCUT2D eigenvalue weighted by molar-refractivity contribution is -0.118. The molecule has 0 aliphatic carbocycles. The molecule has 0 aliphatic rings. The van der Waals surface area contributed by atoms with Crippen molar-refractivity contribution in [2.75, 3.05) is 7.11 Å². The Balaban J connectivity index is 1.93. The molecule has 0 spiro atoms. The van der Waals surface area contributed by atoms with Crippen molar-refractivity contribution in [3.05, 3.63) is 76.1 Å². The molecular formula is C26H27ClN2O4. The molecule has 4 rings (SSSR count). The summed E-state index contributed by atoms with van der Waals surface area (Å²) in [7, 11) is 1.57. The minimum absolute atomic E-state index is 0.148. The summed E-state index contributed by atoms with van der Waals surface area (Å²) in [6.45, 7) is 5.58. The van der Waals surface area contributed by atoms with Crippen LogP contribution >= 0.6 is 11.6 Å². The highest BCUT2D eigenvalue weighted by atomic mass is 35.5. The van der Waals surface area contributed by atoms with Crippen molar-refractivity contribution in [1.29, 1.82) is 0 Å². The van der Waals surface area contributed by atoms with E-state index < -0.39 is 12.3 Å². The normalized spacial score (nSPS) is 12.5. The first-order valence-corrected chi connectivity index (χ1v) is 11.3. The maximum absolute atomic E-state index is 12.9. The molecule has 0 saturated heterocycles. The lowest BCUT2D eigenvalue weighted by Gasteiger charge is -2.16. The monoisotopic (exact) mass is 466 g/mol. The van der Waals surface area contributed by atoms with Gasteiger partial charge in [0, 0.05) is 34.0 Å². The number of aromatic nitrogens is 2. The van der Waals surface area contributed by atoms with Gasteiger partial charge in [-0.25, -0.2) is 9.78 Å². The summed E-state index contributed by atoms with van der Waals surface area (Å²) >= 11 is 6.45. The van der Waals surface area contributed by atoms with Crippen LogP contribution in [0.3, 0.4) is 0 Å². The molecule has 6 nitrogen and oxygen atoms in total. The minimum atomic E-state index is -0.478. The predicted octanol–water partition coefficient (Wildman–Crippen LogP) is 6.03. The van der Waals surface area contributed by atoms with E-state index in [1.54, 1.807) is 20.2 Å². The quantitative estimate of drug-likeness (QED) is 0.253. The zero-order valence-corrected chi connectivity index (χ0v) is 19.9. The number of esters is 1. The van der Waals surface area contributed by atoms with Crippen molar-refractivity contribution in [1.82, 2.24) is 9.97 Å². The van der Waals surface area contributed by atoms with E-state index in [1.165, 1.54) is 0 Å². The van der Waals surface area contributed by atoms with Crippen molar-refractivity contribution < 1.29 is 19.0 Å². The summed E-state index contributed by atoms with van der Waals surface area (Å²) in [5.41, 5.74) is 4.79. The van der Waals surface area contributed by atoms with Crippen LogP contribution in [0.1, 0.15) is 48.0 Å². The first kappa shape index (κ1) is 23.2. The molecule has 0 amide bonds. The molecule has 1 unspecified atom stereocenters. The fraction of sp³-hybridized carbons (Fsp3) is 0.308. The second-order valence-corrected chi connectivity index (χ2v) is 8.58. The first-order chi connectivity index (χ1) is 15.9. The van der Waals surface area contributed by atoms with Crippen LogP contribution in [0, 0.1) is 0 Å². The topological polar surface area (TPSA) is 73.4 Å². The average molecular weight is 467 g/mol. The van der Waals surface area contributed by atoms with Gasteiger partial charge in [-0.05, 0) is 50.5 Å². The van der Waals surface area contributed by atoms with Gasteiger partial charge in [0.2, 0.25) is 0 Å². The van der Waals surface area contributed by atoms with Crippen LogP contribution in [-0.4, -0.2) is 35.4 Å². The Kier molecular flexibility index (Phi) is 6.98. The van der Waals surface area contributed by atoms with E-state index in [-0.39, 0.29) is 18.4 Å². The van der Waals surface area contributed by atoms with E-state index >= 15 is 0 Å². The number of pyridine rings is 1. The van der Waals surface area contributed by atoms with Crippen LogP contribution in [-0.2, 0) is 27.2 Å². The first-order valence-electron chi connectivity index (χ1n) is 10.9. The Bertz CT molecular complexity index is 1300. The van der Waals surface area contributed by atoms with E-state index in [0.717, 1.165) is 38.0 Å². The number of hydrogen-bond acceptors (Lipinski definition) is 5. The smallest absolute Gasteiger partial charge is 0.357 e. The number of halogens is 1. The molecule has 4 aromatic rings. The Morgan fingerprint density at radius 1 is 1.03 bits per heavy atom. The van der Waals surface area contributed by atoms with Crippen LogP contribution in [0.15, 0.2) is 48.7 Å². The third-order valence-electron chi connectivity index (χ3n) is 5.52. The molecule has 0 radical (unpaired) electrons. The van der Waals surface area contributed by atoms with Gasteiger partial charge in [0.1, 0.15) is 0 Å². The van der Waals surface area contributed by atoms with Crippen molar-refractivity contribution in [2.45, 2.75) is 46.2 Å². The van der Waals surface area contributed by atoms with Gasteiger partial charge in [-0.2, -0.15) is 0 Å². The lowest BCUT2D eigenvalue weighted by atomic mass is 9.97. The van der Waals surface area contributed by atoms with Crippen molar-refractivity contribution in [2.24, 2.45) is 0 Å². The fourth-order valence-corrected chi connectivity index (χ4v) is 4.13. The SMILES string of the molecule is COC(C)OCc1c(C(=O)OC(C)C)ncc2[nH]c3cccc(Cc4ccccc4Cl)c3c12. The molecule has 2 aromatic carbocycles. The third kappa shape index (κ3) is 4.88. The van der Waals surface area contributed by atoms with Gasteiger partial charge in [-0.15, -0.1) is 0 Å². The van der Waals surface area contributed by atoms with Crippen LogP contribution in [0.5, 0.6) is 0 Å². The number of fused-ring (bicyclic) bond motifs is 3. The van der Waals surface area contributed by atoms with E-state index in [2.05, 4.69) is 16.0 Å². The maximum atomic E-state index is 12.9. The van der Waals surface area contributed by atoms with Crippen LogP contribution in [0.25, 0.3) is 21.8 Å². The number of benzene rings is 2. The van der Waals surface area contributed by atoms with E-state index in [4.69, 9.17) is 25.8 Å². The fourth-order valence-electron chi connectivity index (χ4n) is 3.93. The van der Waals surface area contributed by atoms with Gasteiger partial charge in [-0.1, -0.05) is 41.9 Å². The van der Waals surface area contributed by atoms with Crippen LogP contribution in [0.4, 0.5) is 0 Å². The summed E-state index contributed by atoms with van der Waals surface area (Å²) in [5, 5.41) is 2.62. The van der Waals surface area contributed by atoms with Crippen LogP contribution in [0.2, 0.25) is 5.02 Å². The Morgan fingerprint density at radius 2 is 1.79 bits per heavy atom. The van der Waals surface area contributed by atoms with Crippen molar-refractivity contribution in [3.8, 4) is 0 Å². The van der Waals surface area contributed by atoms with Gasteiger partial charge < -0.3 is 19.2 Å². The van der Waals surface area contributed by atoms with Gasteiger partial charge in [0.05, 0.1) is 24.4 Å². The zero-order chi connectivity index (χ0) is 23.5. The lowest BCUT2D eigenvalue weighted by Crippen LogP contribution is -2.17. The van der Waals surface area contributed by atoms with E-state index in [0.29, 0.717) is 12.0 Å². The molecule has 0 bridgehead atoms.